The summed E-state index contributed by atoms with van der Waals surface area (Å²) in [5, 5.41) is 0. The maximum Gasteiger partial charge on any atom is 0.272 e. The van der Waals surface area contributed by atoms with Crippen LogP contribution in [0.25, 0.3) is 0 Å². The van der Waals surface area contributed by atoms with E-state index in [2.05, 4.69) is 0 Å². The Hall–Kier alpha value is -0.870. The number of benzene rings is 1. The standard InChI is InChI=1S/C12H17F2NO.ClH/c1-3-9-4-5-11(16-7-12(13)14)10(6-9)8(2)15;/h4-6,8,12H,3,7,15H2,1-2H3;1H. The molecule has 0 bridgehead atoms. The van der Waals surface area contributed by atoms with Gasteiger partial charge < -0.3 is 10.5 Å². The Balaban J connectivity index is 0.00000256. The number of ether oxygens (including phenoxy) is 1. The van der Waals surface area contributed by atoms with Gasteiger partial charge in [0.1, 0.15) is 12.4 Å². The summed E-state index contributed by atoms with van der Waals surface area (Å²) < 4.78 is 29.1. The predicted molar refractivity (Wildman–Crippen MR) is 67.2 cm³/mol. The van der Waals surface area contributed by atoms with Crippen molar-refractivity contribution in [2.75, 3.05) is 6.61 Å². The molecule has 2 nitrogen and oxygen atoms in total. The van der Waals surface area contributed by atoms with Crippen LogP contribution in [-0.4, -0.2) is 13.0 Å². The second-order valence-electron chi connectivity index (χ2n) is 3.72. The SMILES string of the molecule is CCc1ccc(OCC(F)F)c(C(C)N)c1.Cl. The van der Waals surface area contributed by atoms with Crippen LogP contribution in [0.3, 0.4) is 0 Å². The van der Waals surface area contributed by atoms with Crippen LogP contribution < -0.4 is 10.5 Å². The van der Waals surface area contributed by atoms with Gasteiger partial charge >= 0.3 is 0 Å². The van der Waals surface area contributed by atoms with E-state index in [1.165, 1.54) is 0 Å². The van der Waals surface area contributed by atoms with Crippen molar-refractivity contribution in [1.29, 1.82) is 0 Å². The molecule has 0 saturated heterocycles. The average Bonchev–Trinajstić information content (AvgIpc) is 2.25. The smallest absolute Gasteiger partial charge is 0.272 e. The minimum atomic E-state index is -2.47. The number of hydrogen-bond donors (Lipinski definition) is 1. The van der Waals surface area contributed by atoms with Crippen molar-refractivity contribution >= 4 is 12.4 Å². The number of aryl methyl sites for hydroxylation is 1. The van der Waals surface area contributed by atoms with Gasteiger partial charge in [0, 0.05) is 11.6 Å². The highest BCUT2D eigenvalue weighted by molar-refractivity contribution is 5.85. The molecule has 0 heterocycles. The maximum absolute atomic E-state index is 12.0. The van der Waals surface area contributed by atoms with Crippen molar-refractivity contribution in [3.63, 3.8) is 0 Å². The minimum Gasteiger partial charge on any atom is -0.487 e. The Morgan fingerprint density at radius 2 is 2.00 bits per heavy atom. The molecule has 0 saturated carbocycles. The quantitative estimate of drug-likeness (QED) is 0.886. The monoisotopic (exact) mass is 265 g/mol. The van der Waals surface area contributed by atoms with E-state index in [4.69, 9.17) is 10.5 Å². The van der Waals surface area contributed by atoms with Gasteiger partial charge in [0.05, 0.1) is 0 Å². The number of nitrogens with two attached hydrogens (primary N) is 1. The molecule has 0 aliphatic carbocycles. The van der Waals surface area contributed by atoms with Gasteiger partial charge in [-0.3, -0.25) is 0 Å². The molecular formula is C12H18ClF2NO. The summed E-state index contributed by atoms with van der Waals surface area (Å²) >= 11 is 0. The van der Waals surface area contributed by atoms with Crippen LogP contribution in [0.5, 0.6) is 5.75 Å². The number of rotatable bonds is 5. The number of hydrogen-bond acceptors (Lipinski definition) is 2. The van der Waals surface area contributed by atoms with Crippen LogP contribution >= 0.6 is 12.4 Å². The van der Waals surface area contributed by atoms with Crippen molar-refractivity contribution in [3.8, 4) is 5.75 Å². The molecule has 17 heavy (non-hydrogen) atoms. The Bertz CT molecular complexity index is 345. The Labute approximate surface area is 107 Å². The van der Waals surface area contributed by atoms with Crippen molar-refractivity contribution in [2.45, 2.75) is 32.7 Å². The minimum absolute atomic E-state index is 0. The summed E-state index contributed by atoms with van der Waals surface area (Å²) in [7, 11) is 0. The average molecular weight is 266 g/mol. The van der Waals surface area contributed by atoms with E-state index in [1.54, 1.807) is 6.07 Å². The summed E-state index contributed by atoms with van der Waals surface area (Å²) in [5.74, 6) is 0.451. The molecule has 1 rings (SSSR count). The number of halogens is 3. The molecule has 98 valence electrons. The molecule has 2 N–H and O–H groups in total. The zero-order valence-electron chi connectivity index (χ0n) is 9.95. The van der Waals surface area contributed by atoms with Crippen molar-refractivity contribution in [3.05, 3.63) is 29.3 Å². The Kier molecular flexibility index (Phi) is 7.07. The third kappa shape index (κ3) is 4.88. The van der Waals surface area contributed by atoms with E-state index < -0.39 is 13.0 Å². The lowest BCUT2D eigenvalue weighted by molar-refractivity contribution is 0.0812. The third-order valence-electron chi connectivity index (χ3n) is 2.34. The van der Waals surface area contributed by atoms with Crippen LogP contribution in [0.1, 0.15) is 31.0 Å². The molecule has 0 radical (unpaired) electrons. The largest absolute Gasteiger partial charge is 0.487 e. The van der Waals surface area contributed by atoms with Crippen LogP contribution in [0.4, 0.5) is 8.78 Å². The lowest BCUT2D eigenvalue weighted by Crippen LogP contribution is -2.12. The van der Waals surface area contributed by atoms with E-state index in [1.807, 2.05) is 26.0 Å². The van der Waals surface area contributed by atoms with Gasteiger partial charge in [-0.25, -0.2) is 8.78 Å². The van der Waals surface area contributed by atoms with E-state index >= 15 is 0 Å². The van der Waals surface area contributed by atoms with Gasteiger partial charge in [-0.1, -0.05) is 19.1 Å². The highest BCUT2D eigenvalue weighted by Gasteiger charge is 2.11. The van der Waals surface area contributed by atoms with Gasteiger partial charge in [-0.05, 0) is 25.0 Å². The van der Waals surface area contributed by atoms with Gasteiger partial charge in [-0.15, -0.1) is 12.4 Å². The molecule has 0 fully saturated rings. The first-order chi connectivity index (χ1) is 7.54. The normalized spacial score (nSPS) is 12.1. The highest BCUT2D eigenvalue weighted by Crippen LogP contribution is 2.25. The zero-order chi connectivity index (χ0) is 12.1. The summed E-state index contributed by atoms with van der Waals surface area (Å²) in [6.45, 7) is 3.25. The van der Waals surface area contributed by atoms with Crippen LogP contribution in [-0.2, 0) is 6.42 Å². The first-order valence-electron chi connectivity index (χ1n) is 5.34. The summed E-state index contributed by atoms with van der Waals surface area (Å²) in [6.07, 6.45) is -1.58. The maximum atomic E-state index is 12.0. The van der Waals surface area contributed by atoms with E-state index in [9.17, 15) is 8.78 Å². The molecular weight excluding hydrogens is 248 g/mol. The van der Waals surface area contributed by atoms with Crippen LogP contribution in [0.2, 0.25) is 0 Å². The molecule has 1 atom stereocenters. The van der Waals surface area contributed by atoms with Crippen LogP contribution in [0.15, 0.2) is 18.2 Å². The molecule has 0 aromatic heterocycles. The molecule has 0 aliphatic heterocycles. The van der Waals surface area contributed by atoms with Crippen molar-refractivity contribution in [1.82, 2.24) is 0 Å². The van der Waals surface area contributed by atoms with Crippen molar-refractivity contribution < 1.29 is 13.5 Å². The highest BCUT2D eigenvalue weighted by atomic mass is 35.5. The topological polar surface area (TPSA) is 35.2 Å². The summed E-state index contributed by atoms with van der Waals surface area (Å²) in [5.41, 5.74) is 7.68. The Morgan fingerprint density at radius 1 is 1.35 bits per heavy atom. The fourth-order valence-corrected chi connectivity index (χ4v) is 1.46. The van der Waals surface area contributed by atoms with E-state index in [-0.39, 0.29) is 18.4 Å². The lowest BCUT2D eigenvalue weighted by atomic mass is 10.0. The molecule has 5 heteroatoms. The lowest BCUT2D eigenvalue weighted by Gasteiger charge is -2.15. The molecule has 1 aromatic rings. The van der Waals surface area contributed by atoms with Gasteiger partial charge in [0.15, 0.2) is 0 Å². The fraction of sp³-hybridized carbons (Fsp3) is 0.500. The van der Waals surface area contributed by atoms with E-state index in [0.29, 0.717) is 5.75 Å². The zero-order valence-corrected chi connectivity index (χ0v) is 10.8. The second kappa shape index (κ2) is 7.45. The van der Waals surface area contributed by atoms with Gasteiger partial charge in [-0.2, -0.15) is 0 Å². The molecule has 0 aliphatic rings. The first kappa shape index (κ1) is 16.1. The van der Waals surface area contributed by atoms with E-state index in [0.717, 1.165) is 17.5 Å². The first-order valence-corrected chi connectivity index (χ1v) is 5.34. The molecule has 0 spiro atoms. The van der Waals surface area contributed by atoms with Crippen LogP contribution in [0, 0.1) is 0 Å². The Morgan fingerprint density at radius 3 is 2.47 bits per heavy atom. The predicted octanol–water partition coefficient (Wildman–Crippen LogP) is 3.33. The van der Waals surface area contributed by atoms with Gasteiger partial charge in [0.25, 0.3) is 6.43 Å². The summed E-state index contributed by atoms with van der Waals surface area (Å²) in [4.78, 5) is 0. The fourth-order valence-electron chi connectivity index (χ4n) is 1.46. The third-order valence-corrected chi connectivity index (χ3v) is 2.34. The number of alkyl halides is 2. The van der Waals surface area contributed by atoms with Gasteiger partial charge in [0.2, 0.25) is 0 Å². The molecule has 1 unspecified atom stereocenters. The second-order valence-corrected chi connectivity index (χ2v) is 3.72. The van der Waals surface area contributed by atoms with Crippen molar-refractivity contribution in [2.24, 2.45) is 5.73 Å². The summed E-state index contributed by atoms with van der Waals surface area (Å²) in [6, 6.07) is 5.26. The molecule has 0 amide bonds. The molecule has 1 aromatic carbocycles.